The van der Waals surface area contributed by atoms with Gasteiger partial charge in [-0.05, 0) is 13.8 Å². The highest BCUT2D eigenvalue weighted by Gasteiger charge is 2.41. The molecule has 0 spiro atoms. The van der Waals surface area contributed by atoms with Crippen molar-refractivity contribution in [1.29, 1.82) is 0 Å². The van der Waals surface area contributed by atoms with Gasteiger partial charge in [-0.25, -0.2) is 4.90 Å². The molecule has 0 bridgehead atoms. The van der Waals surface area contributed by atoms with Crippen molar-refractivity contribution in [2.75, 3.05) is 17.3 Å². The van der Waals surface area contributed by atoms with Crippen LogP contribution in [-0.4, -0.2) is 45.6 Å². The summed E-state index contributed by atoms with van der Waals surface area (Å²) in [6.07, 6.45) is 0.0710. The maximum atomic E-state index is 12.2. The summed E-state index contributed by atoms with van der Waals surface area (Å²) in [7, 11) is 0. The lowest BCUT2D eigenvalue weighted by Crippen LogP contribution is -2.31. The average Bonchev–Trinajstić information content (AvgIpc) is 2.92. The normalized spacial score (nSPS) is 18.7. The summed E-state index contributed by atoms with van der Waals surface area (Å²) in [6, 6.07) is 0. The Morgan fingerprint density at radius 2 is 2.25 bits per heavy atom. The Morgan fingerprint density at radius 3 is 2.85 bits per heavy atom. The Hall–Kier alpha value is -1.48. The molecule has 108 valence electrons. The molecule has 20 heavy (non-hydrogen) atoms. The quantitative estimate of drug-likeness (QED) is 0.585. The van der Waals surface area contributed by atoms with Gasteiger partial charge in [0.25, 0.3) is 0 Å². The molecule has 1 aromatic rings. The minimum Gasteiger partial charge on any atom is -0.465 e. The smallest absolute Gasteiger partial charge is 0.315 e. The Labute approximate surface area is 123 Å². The molecule has 1 aromatic heterocycles. The topological polar surface area (TPSA) is 89.5 Å². The molecule has 1 aliphatic heterocycles. The third-order valence-corrected chi connectivity index (χ3v) is 4.52. The largest absolute Gasteiger partial charge is 0.465 e. The highest BCUT2D eigenvalue weighted by Crippen LogP contribution is 2.31. The summed E-state index contributed by atoms with van der Waals surface area (Å²) < 4.78 is 4.79. The molecule has 1 saturated heterocycles. The molecular formula is C11H13N3O4S2. The zero-order chi connectivity index (χ0) is 14.7. The number of imide groups is 1. The van der Waals surface area contributed by atoms with E-state index in [1.54, 1.807) is 13.8 Å². The second-order valence-corrected chi connectivity index (χ2v) is 6.33. The van der Waals surface area contributed by atoms with Crippen LogP contribution in [0.3, 0.4) is 0 Å². The first-order valence-corrected chi connectivity index (χ1v) is 7.83. The van der Waals surface area contributed by atoms with Crippen LogP contribution >= 0.6 is 23.1 Å². The van der Waals surface area contributed by atoms with E-state index in [0.29, 0.717) is 11.6 Å². The summed E-state index contributed by atoms with van der Waals surface area (Å²) in [6.45, 7) is 3.76. The molecule has 2 heterocycles. The van der Waals surface area contributed by atoms with Crippen molar-refractivity contribution >= 4 is 46.0 Å². The number of aryl methyl sites for hydroxylation is 1. The molecule has 1 unspecified atom stereocenters. The van der Waals surface area contributed by atoms with Crippen LogP contribution in [0.2, 0.25) is 0 Å². The summed E-state index contributed by atoms with van der Waals surface area (Å²) >= 11 is 2.31. The van der Waals surface area contributed by atoms with Crippen LogP contribution in [0.4, 0.5) is 5.13 Å². The molecule has 2 rings (SSSR count). The number of carbonyl (C=O) groups is 3. The van der Waals surface area contributed by atoms with Gasteiger partial charge in [-0.2, -0.15) is 0 Å². The van der Waals surface area contributed by atoms with Crippen molar-refractivity contribution in [2.24, 2.45) is 0 Å². The fourth-order valence-electron chi connectivity index (χ4n) is 1.68. The number of amides is 2. The van der Waals surface area contributed by atoms with Crippen molar-refractivity contribution < 1.29 is 19.1 Å². The maximum Gasteiger partial charge on any atom is 0.315 e. The summed E-state index contributed by atoms with van der Waals surface area (Å²) in [5.41, 5.74) is 0. The zero-order valence-corrected chi connectivity index (χ0v) is 12.6. The van der Waals surface area contributed by atoms with E-state index in [-0.39, 0.29) is 35.1 Å². The number of aromatic nitrogens is 2. The number of anilines is 1. The molecule has 1 aliphatic rings. The predicted molar refractivity (Wildman–Crippen MR) is 74.6 cm³/mol. The van der Waals surface area contributed by atoms with Gasteiger partial charge in [0.05, 0.1) is 17.6 Å². The number of hydrogen-bond acceptors (Lipinski definition) is 8. The summed E-state index contributed by atoms with van der Waals surface area (Å²) in [5.74, 6) is -0.989. The molecule has 9 heteroatoms. The zero-order valence-electron chi connectivity index (χ0n) is 11.0. The fourth-order valence-corrected chi connectivity index (χ4v) is 3.32. The highest BCUT2D eigenvalue weighted by molar-refractivity contribution is 8.01. The Kier molecular flexibility index (Phi) is 4.71. The van der Waals surface area contributed by atoms with Crippen molar-refractivity contribution in [3.05, 3.63) is 5.01 Å². The Balaban J connectivity index is 2.00. The van der Waals surface area contributed by atoms with E-state index in [4.69, 9.17) is 4.74 Å². The van der Waals surface area contributed by atoms with Crippen LogP contribution in [0.25, 0.3) is 0 Å². The third kappa shape index (κ3) is 3.15. The number of nitrogens with zero attached hydrogens (tertiary/aromatic N) is 3. The predicted octanol–water partition coefficient (Wildman–Crippen LogP) is 0.775. The van der Waals surface area contributed by atoms with Crippen LogP contribution in [0.1, 0.15) is 18.4 Å². The summed E-state index contributed by atoms with van der Waals surface area (Å²) in [5, 5.41) is 8.02. The van der Waals surface area contributed by atoms with E-state index in [1.807, 2.05) is 0 Å². The number of thioether (sulfide) groups is 1. The molecule has 0 radical (unpaired) electrons. The van der Waals surface area contributed by atoms with Crippen molar-refractivity contribution in [3.8, 4) is 0 Å². The first-order valence-electron chi connectivity index (χ1n) is 5.97. The second-order valence-electron chi connectivity index (χ2n) is 3.98. The first-order chi connectivity index (χ1) is 9.52. The molecule has 0 N–H and O–H groups in total. The van der Waals surface area contributed by atoms with Gasteiger partial charge in [-0.3, -0.25) is 14.4 Å². The standard InChI is InChI=1S/C11H13N3O4S2/c1-3-18-9(16)5-19-7-4-8(15)14(10(7)17)11-13-12-6(2)20-11/h7H,3-5H2,1-2H3. The lowest BCUT2D eigenvalue weighted by molar-refractivity contribution is -0.139. The number of hydrogen-bond donors (Lipinski definition) is 0. The van der Waals surface area contributed by atoms with E-state index in [0.717, 1.165) is 16.7 Å². The second kappa shape index (κ2) is 6.31. The van der Waals surface area contributed by atoms with E-state index < -0.39 is 5.25 Å². The molecule has 0 saturated carbocycles. The van der Waals surface area contributed by atoms with Crippen LogP contribution in [0.5, 0.6) is 0 Å². The van der Waals surface area contributed by atoms with Gasteiger partial charge in [0.15, 0.2) is 0 Å². The van der Waals surface area contributed by atoms with E-state index in [9.17, 15) is 14.4 Å². The fraction of sp³-hybridized carbons (Fsp3) is 0.545. The highest BCUT2D eigenvalue weighted by atomic mass is 32.2. The number of rotatable bonds is 5. The lowest BCUT2D eigenvalue weighted by atomic mass is 10.4. The Bertz CT molecular complexity index is 546. The maximum absolute atomic E-state index is 12.2. The molecule has 7 nitrogen and oxygen atoms in total. The van der Waals surface area contributed by atoms with Crippen LogP contribution in [0.15, 0.2) is 0 Å². The van der Waals surface area contributed by atoms with Crippen LogP contribution < -0.4 is 4.90 Å². The van der Waals surface area contributed by atoms with Crippen molar-refractivity contribution in [3.63, 3.8) is 0 Å². The molecule has 0 aromatic carbocycles. The van der Waals surface area contributed by atoms with Gasteiger partial charge in [-0.1, -0.05) is 11.3 Å². The first kappa shape index (κ1) is 14.9. The van der Waals surface area contributed by atoms with E-state index in [1.165, 1.54) is 11.3 Å². The van der Waals surface area contributed by atoms with E-state index >= 15 is 0 Å². The van der Waals surface area contributed by atoms with Crippen molar-refractivity contribution in [2.45, 2.75) is 25.5 Å². The van der Waals surface area contributed by atoms with Crippen LogP contribution in [-0.2, 0) is 19.1 Å². The molecule has 0 aliphatic carbocycles. The minimum atomic E-state index is -0.559. The third-order valence-electron chi connectivity index (χ3n) is 2.52. The molecule has 1 fully saturated rings. The van der Waals surface area contributed by atoms with Gasteiger partial charge in [0.1, 0.15) is 5.01 Å². The number of ether oxygens (including phenoxy) is 1. The van der Waals surface area contributed by atoms with Gasteiger partial charge >= 0.3 is 5.97 Å². The summed E-state index contributed by atoms with van der Waals surface area (Å²) in [4.78, 5) is 36.4. The van der Waals surface area contributed by atoms with Gasteiger partial charge in [0.2, 0.25) is 16.9 Å². The SMILES string of the molecule is CCOC(=O)CSC1CC(=O)N(c2nnc(C)s2)C1=O. The minimum absolute atomic E-state index is 0.0561. The van der Waals surface area contributed by atoms with Crippen LogP contribution in [0, 0.1) is 6.92 Å². The molecular weight excluding hydrogens is 302 g/mol. The lowest BCUT2D eigenvalue weighted by Gasteiger charge is -2.10. The van der Waals surface area contributed by atoms with E-state index in [2.05, 4.69) is 10.2 Å². The van der Waals surface area contributed by atoms with Gasteiger partial charge < -0.3 is 4.74 Å². The monoisotopic (exact) mass is 315 g/mol. The van der Waals surface area contributed by atoms with Crippen molar-refractivity contribution in [1.82, 2.24) is 10.2 Å². The van der Waals surface area contributed by atoms with Gasteiger partial charge in [-0.15, -0.1) is 22.0 Å². The van der Waals surface area contributed by atoms with Gasteiger partial charge in [0, 0.05) is 6.42 Å². The Morgan fingerprint density at radius 1 is 1.50 bits per heavy atom. The number of carbonyl (C=O) groups excluding carboxylic acids is 3. The number of esters is 1. The molecule has 2 amide bonds. The molecule has 1 atom stereocenters. The average molecular weight is 315 g/mol.